The van der Waals surface area contributed by atoms with Gasteiger partial charge in [0.25, 0.3) is 0 Å². The molecule has 206 valence electrons. The van der Waals surface area contributed by atoms with Gasteiger partial charge in [-0.3, -0.25) is 9.30 Å². The predicted octanol–water partition coefficient (Wildman–Crippen LogP) is 6.68. The van der Waals surface area contributed by atoms with Crippen molar-refractivity contribution < 1.29 is 14.3 Å². The molecule has 2 fully saturated rings. The number of carbonyl (C=O) groups is 1. The molecule has 1 amide bonds. The molecule has 2 aromatic heterocycles. The molecular weight excluding hydrogens is 522 g/mol. The number of hydrogen-bond donors (Lipinski definition) is 0. The van der Waals surface area contributed by atoms with Gasteiger partial charge in [0.1, 0.15) is 5.60 Å². The molecule has 40 heavy (non-hydrogen) atoms. The Bertz CT molecular complexity index is 1610. The minimum atomic E-state index is -0.558. The van der Waals surface area contributed by atoms with E-state index in [0.29, 0.717) is 19.8 Å². The van der Waals surface area contributed by atoms with E-state index in [1.54, 1.807) is 16.7 Å². The minimum absolute atomic E-state index is 0.190. The number of ether oxygens (including phenoxy) is 2. The fourth-order valence-electron chi connectivity index (χ4n) is 5.73. The van der Waals surface area contributed by atoms with E-state index in [9.17, 15) is 10.1 Å². The fraction of sp³-hybridized carbons (Fsp3) is 0.419. The number of aromatic nitrogens is 3. The molecule has 0 spiro atoms. The van der Waals surface area contributed by atoms with Crippen LogP contribution in [0.25, 0.3) is 16.6 Å². The van der Waals surface area contributed by atoms with E-state index in [4.69, 9.17) is 9.47 Å². The first kappa shape index (κ1) is 26.6. The number of hydrogen-bond acceptors (Lipinski definition) is 7. The van der Waals surface area contributed by atoms with Crippen molar-refractivity contribution in [1.29, 1.82) is 5.26 Å². The van der Waals surface area contributed by atoms with E-state index in [1.807, 2.05) is 32.9 Å². The zero-order valence-corrected chi connectivity index (χ0v) is 23.9. The van der Waals surface area contributed by atoms with E-state index < -0.39 is 11.0 Å². The van der Waals surface area contributed by atoms with Gasteiger partial charge in [0.05, 0.1) is 23.0 Å². The van der Waals surface area contributed by atoms with Crippen LogP contribution >= 0.6 is 11.8 Å². The molecule has 0 N–H and O–H groups in total. The molecule has 6 rings (SSSR count). The van der Waals surface area contributed by atoms with Gasteiger partial charge in [0.15, 0.2) is 11.5 Å². The van der Waals surface area contributed by atoms with Crippen molar-refractivity contribution in [3.8, 4) is 6.07 Å². The number of nitrogens with zero attached hydrogens (tertiary/aromatic N) is 5. The van der Waals surface area contributed by atoms with E-state index in [-0.39, 0.29) is 12.1 Å². The first-order valence-electron chi connectivity index (χ1n) is 13.8. The van der Waals surface area contributed by atoms with Gasteiger partial charge >= 0.3 is 6.09 Å². The lowest BCUT2D eigenvalue weighted by atomic mass is 9.75. The van der Waals surface area contributed by atoms with Gasteiger partial charge in [0.2, 0.25) is 0 Å². The Morgan fingerprint density at radius 2 is 1.90 bits per heavy atom. The van der Waals surface area contributed by atoms with Crippen LogP contribution in [0, 0.1) is 11.3 Å². The lowest BCUT2D eigenvalue weighted by Gasteiger charge is -2.31. The number of benzene rings is 2. The Morgan fingerprint density at radius 1 is 1.10 bits per heavy atom. The molecule has 9 heteroatoms. The number of pyridine rings is 1. The number of amides is 1. The average Bonchev–Trinajstić information content (AvgIpc) is 3.60. The Morgan fingerprint density at radius 3 is 2.67 bits per heavy atom. The summed E-state index contributed by atoms with van der Waals surface area (Å²) >= 11 is 1.69. The summed E-state index contributed by atoms with van der Waals surface area (Å²) in [5.74, 6) is 0.760. The van der Waals surface area contributed by atoms with Crippen molar-refractivity contribution in [1.82, 2.24) is 19.5 Å². The zero-order chi connectivity index (χ0) is 27.9. The molecule has 0 radical (unpaired) electrons. The minimum Gasteiger partial charge on any atom is -0.444 e. The molecule has 4 heterocycles. The second kappa shape index (κ2) is 10.4. The average molecular weight is 556 g/mol. The van der Waals surface area contributed by atoms with Crippen LogP contribution in [0.1, 0.15) is 63.9 Å². The van der Waals surface area contributed by atoms with Gasteiger partial charge in [-0.2, -0.15) is 5.26 Å². The van der Waals surface area contributed by atoms with Crippen LogP contribution in [-0.4, -0.2) is 51.0 Å². The summed E-state index contributed by atoms with van der Waals surface area (Å²) in [5.41, 5.74) is 1.77. The smallest absolute Gasteiger partial charge is 0.410 e. The quantitative estimate of drug-likeness (QED) is 0.277. The van der Waals surface area contributed by atoms with Crippen LogP contribution < -0.4 is 0 Å². The molecule has 8 nitrogen and oxygen atoms in total. The highest BCUT2D eigenvalue weighted by Crippen LogP contribution is 2.38. The lowest BCUT2D eigenvalue weighted by Crippen LogP contribution is -2.37. The highest BCUT2D eigenvalue weighted by atomic mass is 32.2. The summed E-state index contributed by atoms with van der Waals surface area (Å²) in [6, 6.07) is 21.2. The topological polar surface area (TPSA) is 92.8 Å². The number of carbonyl (C=O) groups excluding carboxylic acids is 1. The molecule has 0 unspecified atom stereocenters. The summed E-state index contributed by atoms with van der Waals surface area (Å²) in [6.45, 7) is 7.52. The van der Waals surface area contributed by atoms with Crippen molar-refractivity contribution in [3.63, 3.8) is 0 Å². The van der Waals surface area contributed by atoms with Crippen LogP contribution in [0.2, 0.25) is 0 Å². The Kier molecular flexibility index (Phi) is 6.93. The van der Waals surface area contributed by atoms with E-state index in [0.717, 1.165) is 63.4 Å². The van der Waals surface area contributed by atoms with Crippen molar-refractivity contribution >= 4 is 34.4 Å². The molecule has 2 aliphatic heterocycles. The normalized spacial score (nSPS) is 19.1. The summed E-state index contributed by atoms with van der Waals surface area (Å²) in [4.78, 5) is 17.0. The molecule has 2 aromatic carbocycles. The van der Waals surface area contributed by atoms with Gasteiger partial charge in [-0.05, 0) is 99.9 Å². The molecule has 1 atom stereocenters. The molecule has 2 aliphatic rings. The second-order valence-electron chi connectivity index (χ2n) is 11.6. The Labute approximate surface area is 238 Å². The first-order valence-corrected chi connectivity index (χ1v) is 14.6. The van der Waals surface area contributed by atoms with Gasteiger partial charge < -0.3 is 9.47 Å². The maximum absolute atomic E-state index is 13.0. The van der Waals surface area contributed by atoms with Crippen LogP contribution in [0.3, 0.4) is 0 Å². The highest BCUT2D eigenvalue weighted by Gasteiger charge is 2.37. The second-order valence-corrected chi connectivity index (χ2v) is 12.7. The van der Waals surface area contributed by atoms with Gasteiger partial charge in [0, 0.05) is 29.5 Å². The summed E-state index contributed by atoms with van der Waals surface area (Å²) in [5, 5.41) is 20.0. The molecule has 0 saturated carbocycles. The molecule has 0 aliphatic carbocycles. The maximum atomic E-state index is 13.0. The zero-order valence-electron chi connectivity index (χ0n) is 23.1. The van der Waals surface area contributed by atoms with Gasteiger partial charge in [-0.25, -0.2) is 4.79 Å². The summed E-state index contributed by atoms with van der Waals surface area (Å²) in [6.07, 6.45) is 2.83. The third-order valence-corrected chi connectivity index (χ3v) is 8.71. The SMILES string of the molecule is CC(C)(C)OC(=O)N1CCC[C@@H]1c1nnc2ccc3cc(Sc4cccc(C5(C#N)CCOCC5)c4)ccc3n12. The predicted molar refractivity (Wildman–Crippen MR) is 153 cm³/mol. The molecular formula is C31H33N5O3S. The maximum Gasteiger partial charge on any atom is 0.410 e. The Balaban J connectivity index is 1.30. The Hall–Kier alpha value is -3.61. The molecule has 0 bridgehead atoms. The number of rotatable bonds is 4. The van der Waals surface area contributed by atoms with Crippen molar-refractivity contribution in [2.75, 3.05) is 19.8 Å². The van der Waals surface area contributed by atoms with Gasteiger partial charge in [-0.15, -0.1) is 10.2 Å². The van der Waals surface area contributed by atoms with Crippen LogP contribution in [0.5, 0.6) is 0 Å². The third-order valence-electron chi connectivity index (χ3n) is 7.73. The number of nitriles is 1. The summed E-state index contributed by atoms with van der Waals surface area (Å²) in [7, 11) is 0. The van der Waals surface area contributed by atoms with Crippen LogP contribution in [0.15, 0.2) is 64.4 Å². The summed E-state index contributed by atoms with van der Waals surface area (Å²) < 4.78 is 13.3. The number of fused-ring (bicyclic) bond motifs is 3. The van der Waals surface area contributed by atoms with Crippen molar-refractivity contribution in [2.45, 2.75) is 73.3 Å². The van der Waals surface area contributed by atoms with E-state index in [1.165, 1.54) is 0 Å². The highest BCUT2D eigenvalue weighted by molar-refractivity contribution is 7.99. The largest absolute Gasteiger partial charge is 0.444 e. The van der Waals surface area contributed by atoms with Crippen LogP contribution in [-0.2, 0) is 14.9 Å². The molecule has 4 aromatic rings. The third kappa shape index (κ3) is 5.02. The molecule has 2 saturated heterocycles. The standard InChI is InChI=1S/C31H33N5O3S/c1-30(2,3)39-29(37)35-15-5-8-26(35)28-34-33-27-12-9-21-18-24(10-11-25(21)36(27)28)40-23-7-4-6-22(19-23)31(20-32)13-16-38-17-14-31/h4,6-7,9-12,18-19,26H,5,8,13-17H2,1-3H3/t26-/m1/s1. The fourth-order valence-corrected chi connectivity index (χ4v) is 6.66. The van der Waals surface area contributed by atoms with Gasteiger partial charge in [-0.1, -0.05) is 23.9 Å². The van der Waals surface area contributed by atoms with Crippen molar-refractivity contribution in [2.24, 2.45) is 0 Å². The first-order chi connectivity index (χ1) is 19.3. The lowest BCUT2D eigenvalue weighted by molar-refractivity contribution is 0.0217. The van der Waals surface area contributed by atoms with E-state index >= 15 is 0 Å². The van der Waals surface area contributed by atoms with E-state index in [2.05, 4.69) is 63.1 Å². The number of likely N-dealkylation sites (tertiary alicyclic amines) is 1. The van der Waals surface area contributed by atoms with Crippen molar-refractivity contribution in [3.05, 3.63) is 66.0 Å². The van der Waals surface area contributed by atoms with Crippen LogP contribution in [0.4, 0.5) is 4.79 Å². The monoisotopic (exact) mass is 555 g/mol.